The van der Waals surface area contributed by atoms with Gasteiger partial charge in [-0.3, -0.25) is 19.2 Å². The molecule has 0 bridgehead atoms. The summed E-state index contributed by atoms with van der Waals surface area (Å²) in [5, 5.41) is 10.2. The van der Waals surface area contributed by atoms with Crippen LogP contribution in [-0.4, -0.2) is 35.6 Å². The Hall–Kier alpha value is -4.39. The Balaban J connectivity index is 1.49. The highest BCUT2D eigenvalue weighted by atomic mass is 35.5. The number of ketones is 2. The average molecular weight is 666 g/mol. The number of halogens is 7. The second-order valence-electron chi connectivity index (χ2n) is 11.6. The van der Waals surface area contributed by atoms with Crippen LogP contribution >= 0.6 is 11.6 Å². The van der Waals surface area contributed by atoms with Crippen molar-refractivity contribution in [3.05, 3.63) is 86.5 Å². The third-order valence-corrected chi connectivity index (χ3v) is 9.29. The van der Waals surface area contributed by atoms with Crippen molar-refractivity contribution in [1.82, 2.24) is 0 Å². The molecule has 1 heterocycles. The molecule has 0 aromatic heterocycles. The lowest BCUT2D eigenvalue weighted by molar-refractivity contribution is -0.143. The van der Waals surface area contributed by atoms with E-state index < -0.39 is 76.2 Å². The first-order valence-electron chi connectivity index (χ1n) is 13.9. The van der Waals surface area contributed by atoms with E-state index in [4.69, 9.17) is 16.3 Å². The largest absolute Gasteiger partial charge is 0.503 e. The van der Waals surface area contributed by atoms with Gasteiger partial charge < -0.3 is 9.84 Å². The standard InChI is InChI=1S/C32H22ClF6NO6/c1-12-5-22(41)20-11-19-17(24(26(20)27(12)42)13-6-21(33)28(43)23(7-13)46-2)3-4-18-25(19)30(45)40(29(18)44)16-9-14(31(34,35)36)8-15(10-16)32(37,38)39/h3,5-10,18-19,24-25,43H,4,11H2,1-2H3. The molecule has 0 radical (unpaired) electrons. The molecule has 1 saturated heterocycles. The van der Waals surface area contributed by atoms with Crippen molar-refractivity contribution < 1.29 is 55.4 Å². The maximum Gasteiger partial charge on any atom is 0.416 e. The lowest BCUT2D eigenvalue weighted by Gasteiger charge is -2.42. The summed E-state index contributed by atoms with van der Waals surface area (Å²) < 4.78 is 87.0. The number of alkyl halides is 6. The lowest BCUT2D eigenvalue weighted by Crippen LogP contribution is -2.39. The van der Waals surface area contributed by atoms with E-state index in [0.29, 0.717) is 28.2 Å². The number of hydrogen-bond acceptors (Lipinski definition) is 6. The van der Waals surface area contributed by atoms with Crippen LogP contribution in [0.3, 0.4) is 0 Å². The first-order chi connectivity index (χ1) is 21.4. The zero-order valence-corrected chi connectivity index (χ0v) is 24.6. The third kappa shape index (κ3) is 4.83. The Labute approximate surface area is 261 Å². The number of methoxy groups -OCH3 is 1. The van der Waals surface area contributed by atoms with Crippen LogP contribution in [0, 0.1) is 17.8 Å². The molecule has 2 amide bonds. The van der Waals surface area contributed by atoms with E-state index >= 15 is 0 Å². The number of nitrogens with zero attached hydrogens (tertiary/aromatic N) is 1. The van der Waals surface area contributed by atoms with Gasteiger partial charge in [0.25, 0.3) is 0 Å². The van der Waals surface area contributed by atoms with Gasteiger partial charge in [-0.15, -0.1) is 0 Å². The fourth-order valence-electron chi connectivity index (χ4n) is 6.98. The maximum atomic E-state index is 14.0. The molecule has 14 heteroatoms. The molecule has 1 aliphatic heterocycles. The van der Waals surface area contributed by atoms with Crippen LogP contribution in [-0.2, 0) is 31.5 Å². The summed E-state index contributed by atoms with van der Waals surface area (Å²) in [5.41, 5.74) is -3.17. The number of amides is 2. The Morgan fingerprint density at radius 2 is 1.54 bits per heavy atom. The van der Waals surface area contributed by atoms with E-state index in [9.17, 15) is 50.6 Å². The van der Waals surface area contributed by atoms with Gasteiger partial charge in [-0.05, 0) is 67.7 Å². The second kappa shape index (κ2) is 10.6. The van der Waals surface area contributed by atoms with Gasteiger partial charge in [0, 0.05) is 22.6 Å². The molecule has 1 N–H and O–H groups in total. The summed E-state index contributed by atoms with van der Waals surface area (Å²) in [6.45, 7) is 1.46. The maximum absolute atomic E-state index is 14.0. The van der Waals surface area contributed by atoms with Crippen LogP contribution in [0.25, 0.3) is 0 Å². The van der Waals surface area contributed by atoms with Crippen molar-refractivity contribution >= 4 is 40.7 Å². The summed E-state index contributed by atoms with van der Waals surface area (Å²) >= 11 is 6.27. The highest BCUT2D eigenvalue weighted by molar-refractivity contribution is 6.32. The van der Waals surface area contributed by atoms with E-state index in [2.05, 4.69) is 0 Å². The summed E-state index contributed by atoms with van der Waals surface area (Å²) in [6.07, 6.45) is -7.97. The number of phenolic OH excluding ortho intramolecular Hbond substituents is 1. The number of imide groups is 1. The molecular weight excluding hydrogens is 644 g/mol. The molecule has 240 valence electrons. The minimum Gasteiger partial charge on any atom is -0.503 e. The van der Waals surface area contributed by atoms with Gasteiger partial charge in [0.1, 0.15) is 0 Å². The average Bonchev–Trinajstić information content (AvgIpc) is 3.24. The summed E-state index contributed by atoms with van der Waals surface area (Å²) in [6, 6.07) is 3.32. The topological polar surface area (TPSA) is 101 Å². The van der Waals surface area contributed by atoms with E-state index in [1.54, 1.807) is 6.08 Å². The molecule has 1 fully saturated rings. The van der Waals surface area contributed by atoms with Crippen LogP contribution in [0.5, 0.6) is 11.5 Å². The van der Waals surface area contributed by atoms with Crippen molar-refractivity contribution in [3.8, 4) is 11.5 Å². The molecule has 7 nitrogen and oxygen atoms in total. The minimum atomic E-state index is -5.21. The number of carbonyl (C=O) groups excluding carboxylic acids is 4. The number of Topliss-reactive ketones (excluding diaryl/α,β-unsaturated/α-hetero) is 1. The van der Waals surface area contributed by atoms with Gasteiger partial charge in [0.05, 0.1) is 40.8 Å². The molecular formula is C32H22ClF6NO6. The number of fused-ring (bicyclic) bond motifs is 3. The number of carbonyl (C=O) groups is 4. The molecule has 2 aromatic rings. The number of anilines is 1. The van der Waals surface area contributed by atoms with Crippen LogP contribution in [0.4, 0.5) is 32.0 Å². The summed E-state index contributed by atoms with van der Waals surface area (Å²) in [4.78, 5) is 54.8. The highest BCUT2D eigenvalue weighted by Gasteiger charge is 2.57. The number of allylic oxidation sites excluding steroid dienone is 6. The van der Waals surface area contributed by atoms with Crippen LogP contribution in [0.1, 0.15) is 42.4 Å². The zero-order valence-electron chi connectivity index (χ0n) is 23.8. The molecule has 6 rings (SSSR count). The number of hydrogen-bond donors (Lipinski definition) is 1. The molecule has 3 aliphatic carbocycles. The Morgan fingerprint density at radius 3 is 2.13 bits per heavy atom. The van der Waals surface area contributed by atoms with E-state index in [1.807, 2.05) is 0 Å². The molecule has 0 spiro atoms. The Morgan fingerprint density at radius 1 is 0.913 bits per heavy atom. The number of ether oxygens (including phenoxy) is 1. The predicted octanol–water partition coefficient (Wildman–Crippen LogP) is 6.73. The first-order valence-corrected chi connectivity index (χ1v) is 14.3. The molecule has 4 aliphatic rings. The lowest BCUT2D eigenvalue weighted by atomic mass is 9.59. The number of aromatic hydroxyl groups is 1. The third-order valence-electron chi connectivity index (χ3n) is 9.00. The van der Waals surface area contributed by atoms with E-state index in [0.717, 1.165) is 6.08 Å². The molecule has 4 unspecified atom stereocenters. The van der Waals surface area contributed by atoms with Crippen molar-refractivity contribution in [3.63, 3.8) is 0 Å². The first kappa shape index (κ1) is 31.6. The van der Waals surface area contributed by atoms with Gasteiger partial charge in [-0.25, -0.2) is 4.90 Å². The van der Waals surface area contributed by atoms with Crippen molar-refractivity contribution in [2.24, 2.45) is 17.8 Å². The van der Waals surface area contributed by atoms with Gasteiger partial charge in [0.2, 0.25) is 11.8 Å². The van der Waals surface area contributed by atoms with Crippen LogP contribution in [0.15, 0.2) is 64.8 Å². The van der Waals surface area contributed by atoms with Crippen molar-refractivity contribution in [2.75, 3.05) is 12.0 Å². The fourth-order valence-corrected chi connectivity index (χ4v) is 7.20. The molecule has 0 saturated carbocycles. The number of rotatable bonds is 3. The highest BCUT2D eigenvalue weighted by Crippen LogP contribution is 2.56. The van der Waals surface area contributed by atoms with Gasteiger partial charge in [0.15, 0.2) is 23.1 Å². The quantitative estimate of drug-likeness (QED) is 0.169. The summed E-state index contributed by atoms with van der Waals surface area (Å²) in [7, 11) is 1.27. The minimum absolute atomic E-state index is 0.0498. The van der Waals surface area contributed by atoms with Gasteiger partial charge >= 0.3 is 12.4 Å². The number of benzene rings is 2. The smallest absolute Gasteiger partial charge is 0.416 e. The monoisotopic (exact) mass is 665 g/mol. The Kier molecular flexibility index (Phi) is 7.26. The molecule has 2 aromatic carbocycles. The molecule has 46 heavy (non-hydrogen) atoms. The Bertz CT molecular complexity index is 1820. The second-order valence-corrected chi connectivity index (χ2v) is 12.0. The van der Waals surface area contributed by atoms with Gasteiger partial charge in [-0.1, -0.05) is 23.3 Å². The molecule has 4 atom stereocenters. The van der Waals surface area contributed by atoms with Crippen molar-refractivity contribution in [2.45, 2.75) is 38.0 Å². The van der Waals surface area contributed by atoms with Crippen LogP contribution in [0.2, 0.25) is 5.02 Å². The van der Waals surface area contributed by atoms with Crippen LogP contribution < -0.4 is 9.64 Å². The predicted molar refractivity (Wildman–Crippen MR) is 150 cm³/mol. The number of phenols is 1. The fraction of sp³-hybridized carbons (Fsp3) is 0.312. The van der Waals surface area contributed by atoms with E-state index in [-0.39, 0.29) is 52.1 Å². The van der Waals surface area contributed by atoms with Crippen molar-refractivity contribution in [1.29, 1.82) is 0 Å². The van der Waals surface area contributed by atoms with Gasteiger partial charge in [-0.2, -0.15) is 26.3 Å². The normalized spacial score (nSPS) is 24.8. The van der Waals surface area contributed by atoms with E-state index in [1.165, 1.54) is 26.2 Å². The SMILES string of the molecule is COc1cc(C2C3=CCC4C(=O)N(c5cc(C(F)(F)F)cc(C(F)(F)F)c5)C(=O)C4C3CC3=C2C(=O)C(C)=CC3=O)cc(Cl)c1O. The summed E-state index contributed by atoms with van der Waals surface area (Å²) in [5.74, 6) is -7.77. The zero-order chi connectivity index (χ0) is 33.6.